The summed E-state index contributed by atoms with van der Waals surface area (Å²) >= 11 is 0. The quantitative estimate of drug-likeness (QED) is 0.696. The number of nitrogens with zero attached hydrogens (tertiary/aromatic N) is 4. The molecule has 3 aromatic rings. The average Bonchev–Trinajstić information content (AvgIpc) is 2.70. The molecule has 2 aromatic heterocycles. The number of anilines is 2. The van der Waals surface area contributed by atoms with E-state index in [0.29, 0.717) is 17.1 Å². The van der Waals surface area contributed by atoms with Gasteiger partial charge in [-0.3, -0.25) is 4.98 Å². The van der Waals surface area contributed by atoms with Gasteiger partial charge in [0.25, 0.3) is 0 Å². The van der Waals surface area contributed by atoms with Crippen LogP contribution >= 0.6 is 0 Å². The van der Waals surface area contributed by atoms with Gasteiger partial charge < -0.3 is 15.3 Å². The summed E-state index contributed by atoms with van der Waals surface area (Å²) in [4.78, 5) is 6.76. The van der Waals surface area contributed by atoms with Crippen LogP contribution < -0.4 is 10.2 Å². The molecule has 1 aliphatic rings. The van der Waals surface area contributed by atoms with Crippen molar-refractivity contribution in [1.82, 2.24) is 15.2 Å². The van der Waals surface area contributed by atoms with Crippen molar-refractivity contribution in [2.24, 2.45) is 0 Å². The number of fused-ring (bicyclic) bond motifs is 1. The van der Waals surface area contributed by atoms with E-state index in [1.807, 2.05) is 19.2 Å². The summed E-state index contributed by atoms with van der Waals surface area (Å²) in [6, 6.07) is 5.09. The number of hydrogen-bond acceptors (Lipinski definition) is 6. The molecule has 4 rings (SSSR count). The zero-order valence-corrected chi connectivity index (χ0v) is 16.4. The van der Waals surface area contributed by atoms with Crippen LogP contribution in [0.5, 0.6) is 0 Å². The molecule has 8 heteroatoms. The maximum Gasteiger partial charge on any atom is 0.158 e. The third kappa shape index (κ3) is 3.98. The summed E-state index contributed by atoms with van der Waals surface area (Å²) in [7, 11) is 0. The predicted molar refractivity (Wildman–Crippen MR) is 108 cm³/mol. The Balaban J connectivity index is 1.68. The number of halogens is 2. The summed E-state index contributed by atoms with van der Waals surface area (Å²) in [5.41, 5.74) is 2.71. The van der Waals surface area contributed by atoms with Gasteiger partial charge in [-0.1, -0.05) is 6.07 Å². The maximum absolute atomic E-state index is 14.2. The minimum atomic E-state index is -0.612. The molecule has 29 heavy (non-hydrogen) atoms. The highest BCUT2D eigenvalue weighted by Crippen LogP contribution is 2.30. The number of aryl methyl sites for hydroxylation is 1. The van der Waals surface area contributed by atoms with Gasteiger partial charge >= 0.3 is 0 Å². The number of pyridine rings is 1. The van der Waals surface area contributed by atoms with Gasteiger partial charge in [0.15, 0.2) is 5.82 Å². The molecular formula is C21H23F2N5O. The molecule has 0 amide bonds. The normalized spacial score (nSPS) is 16.2. The second kappa shape index (κ2) is 7.87. The highest BCUT2D eigenvalue weighted by molar-refractivity contribution is 5.92. The highest BCUT2D eigenvalue weighted by atomic mass is 19.1. The minimum absolute atomic E-state index is 0.253. The first-order valence-corrected chi connectivity index (χ1v) is 9.70. The van der Waals surface area contributed by atoms with Gasteiger partial charge in [0, 0.05) is 30.1 Å². The van der Waals surface area contributed by atoms with Crippen LogP contribution in [-0.2, 0) is 0 Å². The Bertz CT molecular complexity index is 1040. The van der Waals surface area contributed by atoms with Crippen LogP contribution in [0.4, 0.5) is 20.3 Å². The number of hydrogen-bond donors (Lipinski definition) is 2. The number of aromatic nitrogens is 3. The Kier molecular flexibility index (Phi) is 5.27. The molecule has 1 aliphatic heterocycles. The van der Waals surface area contributed by atoms with E-state index in [1.54, 1.807) is 6.92 Å². The zero-order chi connectivity index (χ0) is 20.5. The van der Waals surface area contributed by atoms with Crippen LogP contribution in [0.1, 0.15) is 37.1 Å². The van der Waals surface area contributed by atoms with E-state index in [0.717, 1.165) is 48.6 Å². The van der Waals surface area contributed by atoms with Crippen molar-refractivity contribution in [1.29, 1.82) is 0 Å². The summed E-state index contributed by atoms with van der Waals surface area (Å²) in [5.74, 6) is -0.729. The largest absolute Gasteiger partial charge is 0.393 e. The molecule has 2 N–H and O–H groups in total. The van der Waals surface area contributed by atoms with E-state index in [9.17, 15) is 13.9 Å². The lowest BCUT2D eigenvalue weighted by Gasteiger charge is -2.31. The summed E-state index contributed by atoms with van der Waals surface area (Å²) in [6.07, 6.45) is 2.99. The van der Waals surface area contributed by atoms with Crippen molar-refractivity contribution in [3.8, 4) is 0 Å². The molecule has 1 saturated heterocycles. The second-order valence-electron chi connectivity index (χ2n) is 7.47. The Morgan fingerprint density at radius 1 is 1.17 bits per heavy atom. The number of rotatable bonds is 4. The lowest BCUT2D eigenvalue weighted by atomic mass is 10.1. The van der Waals surface area contributed by atoms with Crippen molar-refractivity contribution in [3.63, 3.8) is 0 Å². The van der Waals surface area contributed by atoms with E-state index in [2.05, 4.69) is 25.4 Å². The molecule has 0 bridgehead atoms. The average molecular weight is 399 g/mol. The number of aliphatic hydroxyl groups excluding tert-OH is 1. The summed E-state index contributed by atoms with van der Waals surface area (Å²) < 4.78 is 27.4. The fourth-order valence-electron chi connectivity index (χ4n) is 3.69. The van der Waals surface area contributed by atoms with Crippen LogP contribution in [0.15, 0.2) is 30.5 Å². The van der Waals surface area contributed by atoms with E-state index in [1.165, 1.54) is 12.1 Å². The van der Waals surface area contributed by atoms with Crippen LogP contribution in [-0.4, -0.2) is 39.5 Å². The molecule has 152 valence electrons. The fourth-order valence-corrected chi connectivity index (χ4v) is 3.69. The lowest BCUT2D eigenvalue weighted by Crippen LogP contribution is -2.35. The van der Waals surface area contributed by atoms with Gasteiger partial charge in [-0.2, -0.15) is 5.10 Å². The Labute approximate surface area is 167 Å². The summed E-state index contributed by atoms with van der Waals surface area (Å²) in [5, 5.41) is 22.2. The van der Waals surface area contributed by atoms with Gasteiger partial charge in [-0.25, -0.2) is 8.78 Å². The topological polar surface area (TPSA) is 74.2 Å². The minimum Gasteiger partial charge on any atom is -0.393 e. The van der Waals surface area contributed by atoms with E-state index >= 15 is 0 Å². The first-order chi connectivity index (χ1) is 13.9. The van der Waals surface area contributed by atoms with Gasteiger partial charge in [0.2, 0.25) is 0 Å². The molecular weight excluding hydrogens is 376 g/mol. The molecule has 1 fully saturated rings. The number of benzene rings is 1. The Morgan fingerprint density at radius 2 is 1.93 bits per heavy atom. The molecule has 1 atom stereocenters. The van der Waals surface area contributed by atoms with Crippen molar-refractivity contribution >= 4 is 22.4 Å². The Morgan fingerprint density at radius 3 is 2.66 bits per heavy atom. The molecule has 0 radical (unpaired) electrons. The standard InChI is InChI=1S/C21H23F2N5O/c1-12(17-4-3-14(22)9-19(17)23)25-21-18-10-15(28-7-5-16(29)6-8-28)11-24-20(18)13(2)26-27-21/h3-4,9-12,16,29H,5-8H2,1-2H3,(H,25,27)/t12-/m1/s1. The molecule has 3 heterocycles. The van der Waals surface area contributed by atoms with Crippen LogP contribution in [0, 0.1) is 18.6 Å². The van der Waals surface area contributed by atoms with E-state index in [4.69, 9.17) is 0 Å². The zero-order valence-electron chi connectivity index (χ0n) is 16.4. The lowest BCUT2D eigenvalue weighted by molar-refractivity contribution is 0.145. The van der Waals surface area contributed by atoms with Gasteiger partial charge in [-0.05, 0) is 38.8 Å². The molecule has 0 unspecified atom stereocenters. The highest BCUT2D eigenvalue weighted by Gasteiger charge is 2.20. The van der Waals surface area contributed by atoms with Gasteiger partial charge in [0.1, 0.15) is 11.6 Å². The van der Waals surface area contributed by atoms with Crippen LogP contribution in [0.2, 0.25) is 0 Å². The molecule has 0 aliphatic carbocycles. The number of piperidine rings is 1. The Hall–Kier alpha value is -2.87. The molecule has 0 saturated carbocycles. The van der Waals surface area contributed by atoms with Crippen LogP contribution in [0.25, 0.3) is 10.9 Å². The van der Waals surface area contributed by atoms with Crippen molar-refractivity contribution in [3.05, 3.63) is 53.4 Å². The first-order valence-electron chi connectivity index (χ1n) is 9.70. The molecule has 0 spiro atoms. The van der Waals surface area contributed by atoms with Crippen molar-refractivity contribution in [2.75, 3.05) is 23.3 Å². The smallest absolute Gasteiger partial charge is 0.158 e. The number of aliphatic hydroxyl groups is 1. The van der Waals surface area contributed by atoms with Gasteiger partial charge in [0.05, 0.1) is 35.2 Å². The third-order valence-corrected chi connectivity index (χ3v) is 5.38. The van der Waals surface area contributed by atoms with Gasteiger partial charge in [-0.15, -0.1) is 5.10 Å². The van der Waals surface area contributed by atoms with Crippen molar-refractivity contribution < 1.29 is 13.9 Å². The second-order valence-corrected chi connectivity index (χ2v) is 7.47. The van der Waals surface area contributed by atoms with E-state index in [-0.39, 0.29) is 6.10 Å². The third-order valence-electron chi connectivity index (χ3n) is 5.38. The van der Waals surface area contributed by atoms with Crippen LogP contribution in [0.3, 0.4) is 0 Å². The molecule has 6 nitrogen and oxygen atoms in total. The SMILES string of the molecule is Cc1nnc(N[C@H](C)c2ccc(F)cc2F)c2cc(N3CCC(O)CC3)cnc12. The fraction of sp³-hybridized carbons (Fsp3) is 0.381. The predicted octanol–water partition coefficient (Wildman–Crippen LogP) is 3.75. The number of nitrogens with one attached hydrogen (secondary N) is 1. The summed E-state index contributed by atoms with van der Waals surface area (Å²) in [6.45, 7) is 5.14. The molecule has 1 aromatic carbocycles. The first kappa shape index (κ1) is 19.4. The maximum atomic E-state index is 14.2. The van der Waals surface area contributed by atoms with Crippen molar-refractivity contribution in [2.45, 2.75) is 38.8 Å². The van der Waals surface area contributed by atoms with E-state index < -0.39 is 17.7 Å². The monoisotopic (exact) mass is 399 g/mol.